The Balaban J connectivity index is 0. The SMILES string of the molecule is COc1cnc(C)c(N2CCNCC2)c1.Cl.Cl.Cl. The Morgan fingerprint density at radius 3 is 2.39 bits per heavy atom. The molecule has 0 bridgehead atoms. The summed E-state index contributed by atoms with van der Waals surface area (Å²) in [7, 11) is 1.67. The zero-order valence-corrected chi connectivity index (χ0v) is 13.0. The van der Waals surface area contributed by atoms with Gasteiger partial charge in [-0.1, -0.05) is 0 Å². The van der Waals surface area contributed by atoms with Gasteiger partial charge in [0.2, 0.25) is 0 Å². The molecule has 0 aromatic carbocycles. The van der Waals surface area contributed by atoms with Gasteiger partial charge in [0.25, 0.3) is 0 Å². The number of halogens is 3. The minimum atomic E-state index is 0. The van der Waals surface area contributed by atoms with Crippen LogP contribution in [-0.4, -0.2) is 38.3 Å². The summed E-state index contributed by atoms with van der Waals surface area (Å²) in [5, 5.41) is 3.34. The Kier molecular flexibility index (Phi) is 10.5. The van der Waals surface area contributed by atoms with Crippen LogP contribution in [0.1, 0.15) is 5.69 Å². The highest BCUT2D eigenvalue weighted by atomic mass is 35.5. The third-order valence-corrected chi connectivity index (χ3v) is 2.73. The van der Waals surface area contributed by atoms with Crippen molar-refractivity contribution in [3.05, 3.63) is 18.0 Å². The number of pyridine rings is 1. The van der Waals surface area contributed by atoms with Crippen LogP contribution in [0, 0.1) is 6.92 Å². The highest BCUT2D eigenvalue weighted by Gasteiger charge is 2.13. The number of aryl methyl sites for hydroxylation is 1. The van der Waals surface area contributed by atoms with E-state index in [4.69, 9.17) is 4.74 Å². The van der Waals surface area contributed by atoms with Gasteiger partial charge in [-0.25, -0.2) is 0 Å². The van der Waals surface area contributed by atoms with Crippen molar-refractivity contribution in [2.75, 3.05) is 38.2 Å². The first kappa shape index (κ1) is 19.9. The third kappa shape index (κ3) is 4.69. The van der Waals surface area contributed by atoms with E-state index in [9.17, 15) is 0 Å². The number of hydrogen-bond acceptors (Lipinski definition) is 4. The van der Waals surface area contributed by atoms with Crippen LogP contribution in [0.2, 0.25) is 0 Å². The average molecular weight is 317 g/mol. The minimum Gasteiger partial charge on any atom is -0.495 e. The predicted octanol–water partition coefficient (Wildman–Crippen LogP) is 2.07. The number of nitrogens with zero attached hydrogens (tertiary/aromatic N) is 2. The summed E-state index contributed by atoms with van der Waals surface area (Å²) in [5.74, 6) is 0.828. The predicted molar refractivity (Wildman–Crippen MR) is 82.4 cm³/mol. The van der Waals surface area contributed by atoms with Crippen LogP contribution in [0.25, 0.3) is 0 Å². The quantitative estimate of drug-likeness (QED) is 0.906. The van der Waals surface area contributed by atoms with Crippen molar-refractivity contribution in [1.29, 1.82) is 0 Å². The van der Waals surface area contributed by atoms with E-state index in [1.54, 1.807) is 13.3 Å². The Morgan fingerprint density at radius 2 is 1.83 bits per heavy atom. The normalized spacial score (nSPS) is 13.8. The second-order valence-electron chi connectivity index (χ2n) is 3.72. The molecule has 2 rings (SSSR count). The van der Waals surface area contributed by atoms with E-state index >= 15 is 0 Å². The minimum absolute atomic E-state index is 0. The van der Waals surface area contributed by atoms with Gasteiger partial charge in [-0.05, 0) is 6.92 Å². The summed E-state index contributed by atoms with van der Waals surface area (Å²) in [5.41, 5.74) is 2.26. The number of ether oxygens (including phenoxy) is 1. The van der Waals surface area contributed by atoms with Crippen LogP contribution in [0.5, 0.6) is 5.75 Å². The second kappa shape index (κ2) is 9.50. The monoisotopic (exact) mass is 315 g/mol. The largest absolute Gasteiger partial charge is 0.495 e. The standard InChI is InChI=1S/C11H17N3O.3ClH/c1-9-11(7-10(15-2)8-13-9)14-5-3-12-4-6-14;;;/h7-8,12H,3-6H2,1-2H3;3*1H. The molecule has 106 valence electrons. The van der Waals surface area contributed by atoms with Crippen molar-refractivity contribution >= 4 is 42.9 Å². The van der Waals surface area contributed by atoms with E-state index in [2.05, 4.69) is 21.3 Å². The molecular weight excluding hydrogens is 296 g/mol. The molecule has 1 N–H and O–H groups in total. The molecular formula is C11H20Cl3N3O. The highest BCUT2D eigenvalue weighted by molar-refractivity contribution is 5.86. The molecule has 0 amide bonds. The van der Waals surface area contributed by atoms with Gasteiger partial charge in [-0.3, -0.25) is 4.98 Å². The summed E-state index contributed by atoms with van der Waals surface area (Å²) in [6.45, 7) is 6.19. The third-order valence-electron chi connectivity index (χ3n) is 2.73. The lowest BCUT2D eigenvalue weighted by molar-refractivity contribution is 0.412. The van der Waals surface area contributed by atoms with E-state index in [0.29, 0.717) is 0 Å². The Morgan fingerprint density at radius 1 is 1.22 bits per heavy atom. The molecule has 0 atom stereocenters. The van der Waals surface area contributed by atoms with Gasteiger partial charge in [0.15, 0.2) is 0 Å². The second-order valence-corrected chi connectivity index (χ2v) is 3.72. The molecule has 7 heteroatoms. The van der Waals surface area contributed by atoms with E-state index in [1.165, 1.54) is 5.69 Å². The maximum atomic E-state index is 5.20. The van der Waals surface area contributed by atoms with Crippen molar-refractivity contribution < 1.29 is 4.74 Å². The van der Waals surface area contributed by atoms with Gasteiger partial charge in [-0.15, -0.1) is 37.2 Å². The van der Waals surface area contributed by atoms with Crippen LogP contribution in [0.3, 0.4) is 0 Å². The number of anilines is 1. The van der Waals surface area contributed by atoms with Crippen LogP contribution < -0.4 is 15.0 Å². The molecule has 0 aliphatic carbocycles. The maximum Gasteiger partial charge on any atom is 0.139 e. The first-order chi connectivity index (χ1) is 7.31. The zero-order chi connectivity index (χ0) is 10.7. The Hall–Kier alpha value is -0.420. The molecule has 1 saturated heterocycles. The first-order valence-electron chi connectivity index (χ1n) is 5.27. The highest BCUT2D eigenvalue weighted by Crippen LogP contribution is 2.23. The fourth-order valence-corrected chi connectivity index (χ4v) is 1.84. The van der Waals surface area contributed by atoms with Crippen LogP contribution >= 0.6 is 37.2 Å². The van der Waals surface area contributed by atoms with Crippen LogP contribution in [0.15, 0.2) is 12.3 Å². The molecule has 1 aromatic rings. The number of nitrogens with one attached hydrogen (secondary N) is 1. The molecule has 0 spiro atoms. The fourth-order valence-electron chi connectivity index (χ4n) is 1.84. The number of hydrogen-bond donors (Lipinski definition) is 1. The summed E-state index contributed by atoms with van der Waals surface area (Å²) < 4.78 is 5.20. The van der Waals surface area contributed by atoms with Gasteiger partial charge >= 0.3 is 0 Å². The van der Waals surface area contributed by atoms with Crippen molar-refractivity contribution in [2.45, 2.75) is 6.92 Å². The molecule has 1 fully saturated rings. The lowest BCUT2D eigenvalue weighted by Gasteiger charge is -2.30. The summed E-state index contributed by atoms with van der Waals surface area (Å²) in [6.07, 6.45) is 1.76. The van der Waals surface area contributed by atoms with E-state index in [-0.39, 0.29) is 37.2 Å². The number of methoxy groups -OCH3 is 1. The topological polar surface area (TPSA) is 37.4 Å². The summed E-state index contributed by atoms with van der Waals surface area (Å²) >= 11 is 0. The van der Waals surface area contributed by atoms with E-state index < -0.39 is 0 Å². The lowest BCUT2D eigenvalue weighted by atomic mass is 10.2. The maximum absolute atomic E-state index is 5.20. The average Bonchev–Trinajstić information content (AvgIpc) is 2.31. The summed E-state index contributed by atoms with van der Waals surface area (Å²) in [6, 6.07) is 2.06. The van der Waals surface area contributed by atoms with E-state index in [0.717, 1.165) is 37.6 Å². The number of rotatable bonds is 2. The Labute approximate surface area is 127 Å². The molecule has 0 unspecified atom stereocenters. The van der Waals surface area contributed by atoms with Crippen molar-refractivity contribution in [1.82, 2.24) is 10.3 Å². The molecule has 1 aliphatic rings. The molecule has 1 aliphatic heterocycles. The molecule has 4 nitrogen and oxygen atoms in total. The number of piperazine rings is 1. The molecule has 2 heterocycles. The zero-order valence-electron chi connectivity index (χ0n) is 10.5. The lowest BCUT2D eigenvalue weighted by Crippen LogP contribution is -2.43. The van der Waals surface area contributed by atoms with Gasteiger partial charge < -0.3 is 15.0 Å². The van der Waals surface area contributed by atoms with Crippen LogP contribution in [-0.2, 0) is 0 Å². The van der Waals surface area contributed by atoms with Gasteiger partial charge in [0, 0.05) is 32.2 Å². The Bertz CT molecular complexity index is 346. The molecule has 1 aromatic heterocycles. The molecule has 18 heavy (non-hydrogen) atoms. The van der Waals surface area contributed by atoms with Gasteiger partial charge in [-0.2, -0.15) is 0 Å². The van der Waals surface area contributed by atoms with Crippen molar-refractivity contribution in [3.63, 3.8) is 0 Å². The summed E-state index contributed by atoms with van der Waals surface area (Å²) in [4.78, 5) is 6.69. The number of aromatic nitrogens is 1. The van der Waals surface area contributed by atoms with Crippen LogP contribution in [0.4, 0.5) is 5.69 Å². The van der Waals surface area contributed by atoms with Crippen molar-refractivity contribution in [3.8, 4) is 5.75 Å². The van der Waals surface area contributed by atoms with Gasteiger partial charge in [0.05, 0.1) is 24.7 Å². The first-order valence-corrected chi connectivity index (χ1v) is 5.27. The molecule has 0 radical (unpaired) electrons. The van der Waals surface area contributed by atoms with E-state index in [1.807, 2.05) is 6.92 Å². The molecule has 0 saturated carbocycles. The fraction of sp³-hybridized carbons (Fsp3) is 0.545. The van der Waals surface area contributed by atoms with Crippen molar-refractivity contribution in [2.24, 2.45) is 0 Å². The smallest absolute Gasteiger partial charge is 0.139 e. The van der Waals surface area contributed by atoms with Gasteiger partial charge in [0.1, 0.15) is 5.75 Å².